The Morgan fingerprint density at radius 3 is 2.75 bits per heavy atom. The van der Waals surface area contributed by atoms with E-state index in [9.17, 15) is 0 Å². The molecular formula is C17H25NO2. The second-order valence-electron chi connectivity index (χ2n) is 5.29. The Kier molecular flexibility index (Phi) is 5.48. The van der Waals surface area contributed by atoms with Crippen LogP contribution in [0.5, 0.6) is 11.5 Å². The van der Waals surface area contributed by atoms with Gasteiger partial charge in [-0.1, -0.05) is 11.6 Å². The molecule has 0 radical (unpaired) electrons. The van der Waals surface area contributed by atoms with E-state index in [0.717, 1.165) is 30.0 Å². The molecule has 2 rings (SSSR count). The standard InChI is InChI=1S/C17H25NO2/c1-13(18-11-10-14-6-4-5-7-14)16-12-15(19-2)8-9-17(16)20-3/h6,8-9,12-13,18H,4-5,7,10-11H2,1-3H3. The van der Waals surface area contributed by atoms with E-state index in [2.05, 4.69) is 18.3 Å². The van der Waals surface area contributed by atoms with Gasteiger partial charge in [-0.3, -0.25) is 0 Å². The van der Waals surface area contributed by atoms with Crippen molar-refractivity contribution in [3.8, 4) is 11.5 Å². The number of methoxy groups -OCH3 is 2. The molecule has 1 aliphatic rings. The van der Waals surface area contributed by atoms with Gasteiger partial charge in [-0.2, -0.15) is 0 Å². The number of hydrogen-bond acceptors (Lipinski definition) is 3. The second-order valence-corrected chi connectivity index (χ2v) is 5.29. The second kappa shape index (κ2) is 7.34. The molecule has 0 fully saturated rings. The Bertz CT molecular complexity index is 468. The van der Waals surface area contributed by atoms with E-state index < -0.39 is 0 Å². The quantitative estimate of drug-likeness (QED) is 0.767. The average Bonchev–Trinajstić information content (AvgIpc) is 2.99. The van der Waals surface area contributed by atoms with Crippen molar-refractivity contribution in [3.63, 3.8) is 0 Å². The van der Waals surface area contributed by atoms with Gasteiger partial charge in [0, 0.05) is 11.6 Å². The van der Waals surface area contributed by atoms with E-state index in [1.807, 2.05) is 18.2 Å². The molecule has 0 spiro atoms. The zero-order valence-corrected chi connectivity index (χ0v) is 12.7. The fraction of sp³-hybridized carbons (Fsp3) is 0.529. The summed E-state index contributed by atoms with van der Waals surface area (Å²) in [7, 11) is 3.40. The highest BCUT2D eigenvalue weighted by Gasteiger charge is 2.13. The molecule has 1 aromatic rings. The van der Waals surface area contributed by atoms with E-state index in [0.29, 0.717) is 0 Å². The fourth-order valence-corrected chi connectivity index (χ4v) is 2.70. The molecule has 3 heteroatoms. The minimum Gasteiger partial charge on any atom is -0.497 e. The van der Waals surface area contributed by atoms with Crippen molar-refractivity contribution >= 4 is 0 Å². The first kappa shape index (κ1) is 14.9. The topological polar surface area (TPSA) is 30.5 Å². The summed E-state index contributed by atoms with van der Waals surface area (Å²) in [5.74, 6) is 1.78. The minimum atomic E-state index is 0.252. The number of benzene rings is 1. The molecule has 1 aliphatic carbocycles. The van der Waals surface area contributed by atoms with Gasteiger partial charge in [0.05, 0.1) is 14.2 Å². The Balaban J connectivity index is 1.94. The van der Waals surface area contributed by atoms with Crippen molar-refractivity contribution in [2.75, 3.05) is 20.8 Å². The molecule has 3 nitrogen and oxygen atoms in total. The monoisotopic (exact) mass is 275 g/mol. The van der Waals surface area contributed by atoms with E-state index in [1.165, 1.54) is 19.3 Å². The first-order chi connectivity index (χ1) is 9.74. The van der Waals surface area contributed by atoms with Gasteiger partial charge in [0.1, 0.15) is 11.5 Å². The van der Waals surface area contributed by atoms with Crippen LogP contribution in [0.1, 0.15) is 44.2 Å². The van der Waals surface area contributed by atoms with E-state index in [-0.39, 0.29) is 6.04 Å². The van der Waals surface area contributed by atoms with Crippen LogP contribution in [0, 0.1) is 0 Å². The molecule has 1 unspecified atom stereocenters. The Labute approximate surface area is 122 Å². The fourth-order valence-electron chi connectivity index (χ4n) is 2.70. The van der Waals surface area contributed by atoms with Crippen LogP contribution in [0.4, 0.5) is 0 Å². The maximum atomic E-state index is 5.44. The molecule has 0 amide bonds. The summed E-state index contributed by atoms with van der Waals surface area (Å²) in [6, 6.07) is 6.19. The maximum absolute atomic E-state index is 5.44. The molecule has 0 saturated heterocycles. The minimum absolute atomic E-state index is 0.252. The van der Waals surface area contributed by atoms with E-state index >= 15 is 0 Å². The lowest BCUT2D eigenvalue weighted by atomic mass is 10.1. The smallest absolute Gasteiger partial charge is 0.123 e. The molecule has 110 valence electrons. The zero-order valence-electron chi connectivity index (χ0n) is 12.7. The van der Waals surface area contributed by atoms with Gasteiger partial charge >= 0.3 is 0 Å². The Morgan fingerprint density at radius 1 is 1.25 bits per heavy atom. The average molecular weight is 275 g/mol. The summed E-state index contributed by atoms with van der Waals surface area (Å²) in [5.41, 5.74) is 2.74. The van der Waals surface area contributed by atoms with Gasteiger partial charge in [0.25, 0.3) is 0 Å². The van der Waals surface area contributed by atoms with E-state index in [1.54, 1.807) is 19.8 Å². The normalized spacial score (nSPS) is 15.8. The highest BCUT2D eigenvalue weighted by molar-refractivity contribution is 5.42. The van der Waals surface area contributed by atoms with Gasteiger partial charge in [0.15, 0.2) is 0 Å². The molecular weight excluding hydrogens is 250 g/mol. The van der Waals surface area contributed by atoms with Crippen LogP contribution in [-0.2, 0) is 0 Å². The summed E-state index contributed by atoms with van der Waals surface area (Å²) < 4.78 is 10.7. The van der Waals surface area contributed by atoms with Gasteiger partial charge in [-0.15, -0.1) is 0 Å². The largest absolute Gasteiger partial charge is 0.497 e. The van der Waals surface area contributed by atoms with Crippen molar-refractivity contribution in [1.82, 2.24) is 5.32 Å². The van der Waals surface area contributed by atoms with Crippen LogP contribution in [0.15, 0.2) is 29.8 Å². The Morgan fingerprint density at radius 2 is 2.10 bits per heavy atom. The van der Waals surface area contributed by atoms with Crippen LogP contribution in [0.2, 0.25) is 0 Å². The predicted molar refractivity (Wildman–Crippen MR) is 82.5 cm³/mol. The van der Waals surface area contributed by atoms with Crippen LogP contribution < -0.4 is 14.8 Å². The lowest BCUT2D eigenvalue weighted by molar-refractivity contribution is 0.392. The molecule has 1 N–H and O–H groups in total. The molecule has 0 aromatic heterocycles. The molecule has 0 heterocycles. The lowest BCUT2D eigenvalue weighted by Crippen LogP contribution is -2.20. The van der Waals surface area contributed by atoms with Crippen LogP contribution in [-0.4, -0.2) is 20.8 Å². The van der Waals surface area contributed by atoms with Gasteiger partial charge in [-0.25, -0.2) is 0 Å². The summed E-state index contributed by atoms with van der Waals surface area (Å²) in [6.45, 7) is 3.17. The molecule has 1 atom stereocenters. The van der Waals surface area contributed by atoms with Crippen molar-refractivity contribution in [2.24, 2.45) is 0 Å². The van der Waals surface area contributed by atoms with Crippen molar-refractivity contribution in [1.29, 1.82) is 0 Å². The zero-order chi connectivity index (χ0) is 14.4. The molecule has 0 aliphatic heterocycles. The number of rotatable bonds is 7. The van der Waals surface area contributed by atoms with Gasteiger partial charge in [-0.05, 0) is 57.4 Å². The van der Waals surface area contributed by atoms with Gasteiger partial charge in [0.2, 0.25) is 0 Å². The van der Waals surface area contributed by atoms with Crippen molar-refractivity contribution in [3.05, 3.63) is 35.4 Å². The Hall–Kier alpha value is -1.48. The lowest BCUT2D eigenvalue weighted by Gasteiger charge is -2.18. The molecule has 0 bridgehead atoms. The maximum Gasteiger partial charge on any atom is 0.123 e. The van der Waals surface area contributed by atoms with Gasteiger partial charge < -0.3 is 14.8 Å². The third-order valence-corrected chi connectivity index (χ3v) is 3.94. The summed E-state index contributed by atoms with van der Waals surface area (Å²) in [5, 5.41) is 3.58. The molecule has 1 aromatic carbocycles. The first-order valence-electron chi connectivity index (χ1n) is 7.38. The van der Waals surface area contributed by atoms with Crippen LogP contribution in [0.3, 0.4) is 0 Å². The highest BCUT2D eigenvalue weighted by atomic mass is 16.5. The van der Waals surface area contributed by atoms with Crippen molar-refractivity contribution in [2.45, 2.75) is 38.6 Å². The highest BCUT2D eigenvalue weighted by Crippen LogP contribution is 2.29. The van der Waals surface area contributed by atoms with Crippen LogP contribution in [0.25, 0.3) is 0 Å². The summed E-state index contributed by atoms with van der Waals surface area (Å²) in [6.07, 6.45) is 7.40. The third kappa shape index (κ3) is 3.76. The number of ether oxygens (including phenoxy) is 2. The number of hydrogen-bond donors (Lipinski definition) is 1. The first-order valence-corrected chi connectivity index (χ1v) is 7.38. The summed E-state index contributed by atoms with van der Waals surface area (Å²) in [4.78, 5) is 0. The summed E-state index contributed by atoms with van der Waals surface area (Å²) >= 11 is 0. The molecule has 0 saturated carbocycles. The molecule has 20 heavy (non-hydrogen) atoms. The van der Waals surface area contributed by atoms with Crippen molar-refractivity contribution < 1.29 is 9.47 Å². The van der Waals surface area contributed by atoms with Crippen LogP contribution >= 0.6 is 0 Å². The van der Waals surface area contributed by atoms with E-state index in [4.69, 9.17) is 9.47 Å². The number of allylic oxidation sites excluding steroid dienone is 1. The predicted octanol–water partition coefficient (Wildman–Crippen LogP) is 3.85. The number of nitrogens with one attached hydrogen (secondary N) is 1. The SMILES string of the molecule is COc1ccc(OC)c(C(C)NCCC2=CCCC2)c1. The third-order valence-electron chi connectivity index (χ3n) is 3.94.